The van der Waals surface area contributed by atoms with E-state index < -0.39 is 11.7 Å². The van der Waals surface area contributed by atoms with Crippen molar-refractivity contribution >= 4 is 5.69 Å². The van der Waals surface area contributed by atoms with E-state index in [1.807, 2.05) is 6.07 Å². The molecule has 1 aliphatic heterocycles. The molecule has 0 bridgehead atoms. The summed E-state index contributed by atoms with van der Waals surface area (Å²) in [5.41, 5.74) is -0.203. The van der Waals surface area contributed by atoms with Crippen molar-refractivity contribution in [2.75, 3.05) is 25.0 Å². The molecule has 2 rings (SSSR count). The van der Waals surface area contributed by atoms with Crippen LogP contribution in [0.25, 0.3) is 0 Å². The Morgan fingerprint density at radius 3 is 2.57 bits per heavy atom. The lowest BCUT2D eigenvalue weighted by atomic mass is 9.81. The van der Waals surface area contributed by atoms with Crippen molar-refractivity contribution in [3.63, 3.8) is 0 Å². The van der Waals surface area contributed by atoms with Crippen LogP contribution in [-0.4, -0.2) is 19.6 Å². The minimum absolute atomic E-state index is 0.0300. The fourth-order valence-corrected chi connectivity index (χ4v) is 2.48. The molecule has 0 amide bonds. The van der Waals surface area contributed by atoms with Crippen LogP contribution in [0.2, 0.25) is 0 Å². The van der Waals surface area contributed by atoms with Gasteiger partial charge in [0.05, 0.1) is 16.8 Å². The molecule has 1 aliphatic rings. The first-order chi connectivity index (χ1) is 9.84. The standard InChI is InChI=1S/C15H18F3N3/c1-14(4-6-20-7-5-14)10-21-13-3-2-12(15(16,17)18)8-11(13)9-19/h2-3,8,20-21H,4-7,10H2,1H3. The normalized spacial score (nSPS) is 18.0. The van der Waals surface area contributed by atoms with Crippen molar-refractivity contribution in [1.29, 1.82) is 5.26 Å². The topological polar surface area (TPSA) is 47.9 Å². The van der Waals surface area contributed by atoms with Crippen LogP contribution >= 0.6 is 0 Å². The Kier molecular flexibility index (Phi) is 4.43. The Bertz CT molecular complexity index is 540. The lowest BCUT2D eigenvalue weighted by Gasteiger charge is -2.34. The number of rotatable bonds is 3. The van der Waals surface area contributed by atoms with Gasteiger partial charge in [0.15, 0.2) is 0 Å². The number of nitrogens with one attached hydrogen (secondary N) is 2. The predicted molar refractivity (Wildman–Crippen MR) is 74.9 cm³/mol. The average Bonchev–Trinajstić information content (AvgIpc) is 2.45. The molecule has 1 aromatic rings. The second-order valence-corrected chi connectivity index (χ2v) is 5.78. The molecule has 0 radical (unpaired) electrons. The molecule has 1 aromatic carbocycles. The molecular weight excluding hydrogens is 279 g/mol. The minimum atomic E-state index is -4.43. The van der Waals surface area contributed by atoms with Crippen LogP contribution in [0.15, 0.2) is 18.2 Å². The number of piperidine rings is 1. The predicted octanol–water partition coefficient (Wildman–Crippen LogP) is 3.38. The average molecular weight is 297 g/mol. The van der Waals surface area contributed by atoms with Crippen molar-refractivity contribution in [2.24, 2.45) is 5.41 Å². The second-order valence-electron chi connectivity index (χ2n) is 5.78. The zero-order valence-electron chi connectivity index (χ0n) is 11.8. The van der Waals surface area contributed by atoms with Gasteiger partial charge in [0.25, 0.3) is 0 Å². The van der Waals surface area contributed by atoms with Crippen LogP contribution in [-0.2, 0) is 6.18 Å². The van der Waals surface area contributed by atoms with Gasteiger partial charge < -0.3 is 10.6 Å². The molecule has 3 nitrogen and oxygen atoms in total. The fourth-order valence-electron chi connectivity index (χ4n) is 2.48. The van der Waals surface area contributed by atoms with Gasteiger partial charge in [-0.2, -0.15) is 18.4 Å². The largest absolute Gasteiger partial charge is 0.416 e. The molecule has 6 heteroatoms. The highest BCUT2D eigenvalue weighted by Gasteiger charge is 2.31. The lowest BCUT2D eigenvalue weighted by molar-refractivity contribution is -0.137. The van der Waals surface area contributed by atoms with Crippen LogP contribution in [0.4, 0.5) is 18.9 Å². The Labute approximate surface area is 122 Å². The molecule has 0 saturated carbocycles. The van der Waals surface area contributed by atoms with Gasteiger partial charge in [-0.3, -0.25) is 0 Å². The molecule has 0 spiro atoms. The number of hydrogen-bond acceptors (Lipinski definition) is 3. The molecule has 2 N–H and O–H groups in total. The zero-order valence-corrected chi connectivity index (χ0v) is 11.8. The third-order valence-electron chi connectivity index (χ3n) is 3.98. The van der Waals surface area contributed by atoms with Crippen LogP contribution in [0.5, 0.6) is 0 Å². The molecule has 0 atom stereocenters. The summed E-state index contributed by atoms with van der Waals surface area (Å²) in [5.74, 6) is 0. The van der Waals surface area contributed by atoms with Gasteiger partial charge in [0.2, 0.25) is 0 Å². The van der Waals surface area contributed by atoms with E-state index in [-0.39, 0.29) is 11.0 Å². The van der Waals surface area contributed by atoms with E-state index in [2.05, 4.69) is 17.6 Å². The molecule has 0 aliphatic carbocycles. The molecule has 114 valence electrons. The first kappa shape index (κ1) is 15.6. The number of nitrogens with zero attached hydrogens (tertiary/aromatic N) is 1. The molecule has 1 saturated heterocycles. The molecule has 0 unspecified atom stereocenters. The molecule has 1 heterocycles. The van der Waals surface area contributed by atoms with Gasteiger partial charge in [-0.05, 0) is 49.5 Å². The van der Waals surface area contributed by atoms with Crippen LogP contribution in [0, 0.1) is 16.7 Å². The first-order valence-corrected chi connectivity index (χ1v) is 6.90. The third kappa shape index (κ3) is 3.88. The maximum Gasteiger partial charge on any atom is 0.416 e. The monoisotopic (exact) mass is 297 g/mol. The summed E-state index contributed by atoms with van der Waals surface area (Å²) < 4.78 is 37.9. The number of hydrogen-bond donors (Lipinski definition) is 2. The van der Waals surface area contributed by atoms with E-state index in [0.717, 1.165) is 38.1 Å². The summed E-state index contributed by atoms with van der Waals surface area (Å²) in [6.45, 7) is 4.68. The molecule has 1 fully saturated rings. The van der Waals surface area contributed by atoms with Crippen molar-refractivity contribution < 1.29 is 13.2 Å². The Hall–Kier alpha value is -1.74. The number of anilines is 1. The lowest BCUT2D eigenvalue weighted by Crippen LogP contribution is -2.39. The maximum absolute atomic E-state index is 12.6. The fraction of sp³-hybridized carbons (Fsp3) is 0.533. The van der Waals surface area contributed by atoms with E-state index in [9.17, 15) is 13.2 Å². The highest BCUT2D eigenvalue weighted by molar-refractivity contribution is 5.59. The summed E-state index contributed by atoms with van der Waals surface area (Å²) in [4.78, 5) is 0. The highest BCUT2D eigenvalue weighted by atomic mass is 19.4. The van der Waals surface area contributed by atoms with E-state index in [4.69, 9.17) is 5.26 Å². The van der Waals surface area contributed by atoms with Gasteiger partial charge >= 0.3 is 6.18 Å². The number of benzene rings is 1. The number of nitriles is 1. The summed E-state index contributed by atoms with van der Waals surface area (Å²) in [6.07, 6.45) is -2.42. The summed E-state index contributed by atoms with van der Waals surface area (Å²) in [5, 5.41) is 15.5. The Morgan fingerprint density at radius 2 is 2.00 bits per heavy atom. The van der Waals surface area contributed by atoms with E-state index >= 15 is 0 Å². The van der Waals surface area contributed by atoms with Crippen LogP contribution < -0.4 is 10.6 Å². The van der Waals surface area contributed by atoms with E-state index in [1.54, 1.807) is 0 Å². The van der Waals surface area contributed by atoms with Crippen molar-refractivity contribution in [3.8, 4) is 6.07 Å². The van der Waals surface area contributed by atoms with Gasteiger partial charge in [-0.25, -0.2) is 0 Å². The smallest absolute Gasteiger partial charge is 0.383 e. The number of halogens is 3. The summed E-state index contributed by atoms with van der Waals surface area (Å²) >= 11 is 0. The molecular formula is C15H18F3N3. The van der Waals surface area contributed by atoms with Crippen LogP contribution in [0.1, 0.15) is 30.9 Å². The quantitative estimate of drug-likeness (QED) is 0.899. The van der Waals surface area contributed by atoms with E-state index in [1.165, 1.54) is 6.07 Å². The van der Waals surface area contributed by atoms with Crippen molar-refractivity contribution in [1.82, 2.24) is 5.32 Å². The Morgan fingerprint density at radius 1 is 1.33 bits per heavy atom. The van der Waals surface area contributed by atoms with Crippen molar-refractivity contribution in [2.45, 2.75) is 25.9 Å². The molecule has 21 heavy (non-hydrogen) atoms. The minimum Gasteiger partial charge on any atom is -0.383 e. The zero-order chi connectivity index (χ0) is 15.5. The summed E-state index contributed by atoms with van der Waals surface area (Å²) in [7, 11) is 0. The number of alkyl halides is 3. The van der Waals surface area contributed by atoms with Gasteiger partial charge in [-0.1, -0.05) is 6.92 Å². The first-order valence-electron chi connectivity index (χ1n) is 6.90. The van der Waals surface area contributed by atoms with E-state index in [0.29, 0.717) is 12.2 Å². The SMILES string of the molecule is CC1(CNc2ccc(C(F)(F)F)cc2C#N)CCNCC1. The maximum atomic E-state index is 12.6. The third-order valence-corrected chi connectivity index (χ3v) is 3.98. The summed E-state index contributed by atoms with van der Waals surface area (Å²) in [6, 6.07) is 5.08. The van der Waals surface area contributed by atoms with Gasteiger partial charge in [0, 0.05) is 6.54 Å². The van der Waals surface area contributed by atoms with Crippen LogP contribution in [0.3, 0.4) is 0 Å². The van der Waals surface area contributed by atoms with Crippen molar-refractivity contribution in [3.05, 3.63) is 29.3 Å². The highest BCUT2D eigenvalue weighted by Crippen LogP contribution is 2.33. The Balaban J connectivity index is 2.12. The second kappa shape index (κ2) is 5.94. The van der Waals surface area contributed by atoms with Gasteiger partial charge in [-0.15, -0.1) is 0 Å². The van der Waals surface area contributed by atoms with Gasteiger partial charge in [0.1, 0.15) is 6.07 Å². The molecule has 0 aromatic heterocycles.